The van der Waals surface area contributed by atoms with E-state index in [1.807, 2.05) is 12.3 Å². The van der Waals surface area contributed by atoms with Gasteiger partial charge in [0, 0.05) is 11.8 Å². The lowest BCUT2D eigenvalue weighted by molar-refractivity contribution is 0.174. The molecule has 0 fully saturated rings. The quantitative estimate of drug-likeness (QED) is 0.902. The van der Waals surface area contributed by atoms with Gasteiger partial charge in [-0.15, -0.1) is 11.3 Å². The van der Waals surface area contributed by atoms with Crippen LogP contribution in [-0.4, -0.2) is 10.1 Å². The van der Waals surface area contributed by atoms with Gasteiger partial charge in [0.25, 0.3) is 0 Å². The van der Waals surface area contributed by atoms with Crippen LogP contribution in [0, 0.1) is 20.8 Å². The van der Waals surface area contributed by atoms with Crippen molar-refractivity contribution in [2.45, 2.75) is 33.3 Å². The first-order valence-corrected chi connectivity index (χ1v) is 6.60. The topological polar surface area (TPSA) is 33.1 Å². The lowest BCUT2D eigenvalue weighted by atomic mass is 10.0. The zero-order valence-corrected chi connectivity index (χ0v) is 11.2. The van der Waals surface area contributed by atoms with Crippen molar-refractivity contribution in [2.24, 2.45) is 0 Å². The van der Waals surface area contributed by atoms with Crippen LogP contribution >= 0.6 is 11.3 Å². The fraction of sp³-hybridized carbons (Fsp3) is 0.357. The van der Waals surface area contributed by atoms with Crippen LogP contribution in [0.2, 0.25) is 0 Å². The summed E-state index contributed by atoms with van der Waals surface area (Å²) in [4.78, 5) is 4.32. The fourth-order valence-corrected chi connectivity index (χ4v) is 2.45. The number of hydrogen-bond donors (Lipinski definition) is 1. The molecule has 0 aliphatic rings. The van der Waals surface area contributed by atoms with Gasteiger partial charge in [-0.2, -0.15) is 0 Å². The summed E-state index contributed by atoms with van der Waals surface area (Å²) in [5.74, 6) is 0. The van der Waals surface area contributed by atoms with Crippen molar-refractivity contribution >= 4 is 11.3 Å². The van der Waals surface area contributed by atoms with Crippen LogP contribution < -0.4 is 0 Å². The van der Waals surface area contributed by atoms with E-state index in [1.165, 1.54) is 11.1 Å². The van der Waals surface area contributed by atoms with Crippen LogP contribution in [0.5, 0.6) is 0 Å². The van der Waals surface area contributed by atoms with Gasteiger partial charge in [0.05, 0.1) is 10.7 Å². The van der Waals surface area contributed by atoms with E-state index in [-0.39, 0.29) is 0 Å². The Kier molecular flexibility index (Phi) is 3.60. The molecule has 3 heteroatoms. The molecule has 2 nitrogen and oxygen atoms in total. The summed E-state index contributed by atoms with van der Waals surface area (Å²) in [5, 5.41) is 13.0. The summed E-state index contributed by atoms with van der Waals surface area (Å²) < 4.78 is 0. The average molecular weight is 247 g/mol. The van der Waals surface area contributed by atoms with Crippen molar-refractivity contribution in [2.75, 3.05) is 0 Å². The number of thiazole rings is 1. The van der Waals surface area contributed by atoms with Crippen LogP contribution in [0.25, 0.3) is 0 Å². The lowest BCUT2D eigenvalue weighted by Gasteiger charge is -2.09. The summed E-state index contributed by atoms with van der Waals surface area (Å²) >= 11 is 1.58. The predicted molar refractivity (Wildman–Crippen MR) is 71.4 cm³/mol. The number of rotatable bonds is 3. The van der Waals surface area contributed by atoms with Gasteiger partial charge in [0.15, 0.2) is 0 Å². The van der Waals surface area contributed by atoms with Crippen molar-refractivity contribution in [1.82, 2.24) is 4.98 Å². The molecule has 0 radical (unpaired) electrons. The number of aromatic nitrogens is 1. The minimum absolute atomic E-state index is 0.498. The first kappa shape index (κ1) is 12.3. The molecule has 0 saturated carbocycles. The van der Waals surface area contributed by atoms with Crippen molar-refractivity contribution in [3.8, 4) is 0 Å². The number of aryl methyl sites for hydroxylation is 3. The standard InChI is InChI=1S/C14H17NOS/c1-9-4-5-12(6-10(9)2)7-14(16)13-8-17-11(3)15-13/h4-6,8,14,16H,7H2,1-3H3. The number of benzene rings is 1. The number of aliphatic hydroxyl groups excluding tert-OH is 1. The molecule has 1 aromatic carbocycles. The molecule has 0 amide bonds. The molecule has 2 aromatic rings. The molecule has 0 aliphatic carbocycles. The van der Waals surface area contributed by atoms with Gasteiger partial charge >= 0.3 is 0 Å². The molecular weight excluding hydrogens is 230 g/mol. The highest BCUT2D eigenvalue weighted by molar-refractivity contribution is 7.09. The molecule has 0 spiro atoms. The van der Waals surface area contributed by atoms with Crippen LogP contribution in [0.15, 0.2) is 23.6 Å². The fourth-order valence-electron chi connectivity index (χ4n) is 1.79. The summed E-state index contributed by atoms with van der Waals surface area (Å²) in [7, 11) is 0. The zero-order chi connectivity index (χ0) is 12.4. The van der Waals surface area contributed by atoms with Gasteiger partial charge in [0.2, 0.25) is 0 Å². The third-order valence-corrected chi connectivity index (χ3v) is 3.77. The maximum atomic E-state index is 10.1. The Bertz CT molecular complexity index is 519. The average Bonchev–Trinajstić information content (AvgIpc) is 2.70. The van der Waals surface area contributed by atoms with Gasteiger partial charge < -0.3 is 5.11 Å². The first-order valence-electron chi connectivity index (χ1n) is 5.72. The summed E-state index contributed by atoms with van der Waals surface area (Å²) in [5.41, 5.74) is 4.49. The van der Waals surface area contributed by atoms with E-state index in [2.05, 4.69) is 37.0 Å². The molecule has 2 rings (SSSR count). The monoisotopic (exact) mass is 247 g/mol. The number of nitrogens with zero attached hydrogens (tertiary/aromatic N) is 1. The van der Waals surface area contributed by atoms with Gasteiger partial charge in [-0.1, -0.05) is 18.2 Å². The van der Waals surface area contributed by atoms with Crippen molar-refractivity contribution in [3.63, 3.8) is 0 Å². The molecule has 0 aliphatic heterocycles. The van der Waals surface area contributed by atoms with Crippen LogP contribution in [0.1, 0.15) is 33.5 Å². The third kappa shape index (κ3) is 2.93. The zero-order valence-electron chi connectivity index (χ0n) is 10.4. The Morgan fingerprint density at radius 2 is 2.00 bits per heavy atom. The van der Waals surface area contributed by atoms with E-state index in [9.17, 15) is 5.11 Å². The predicted octanol–water partition coefficient (Wildman–Crippen LogP) is 3.34. The highest BCUT2D eigenvalue weighted by Crippen LogP contribution is 2.21. The van der Waals surface area contributed by atoms with Gasteiger partial charge in [0.1, 0.15) is 6.10 Å². The summed E-state index contributed by atoms with van der Waals surface area (Å²) in [6.45, 7) is 6.15. The molecule has 0 saturated heterocycles. The highest BCUT2D eigenvalue weighted by atomic mass is 32.1. The first-order chi connectivity index (χ1) is 8.06. The third-order valence-electron chi connectivity index (χ3n) is 2.98. The Morgan fingerprint density at radius 3 is 2.59 bits per heavy atom. The lowest BCUT2D eigenvalue weighted by Crippen LogP contribution is -2.02. The SMILES string of the molecule is Cc1nc(C(O)Cc2ccc(C)c(C)c2)cs1. The number of hydrogen-bond acceptors (Lipinski definition) is 3. The van der Waals surface area contributed by atoms with Crippen molar-refractivity contribution < 1.29 is 5.11 Å². The minimum atomic E-state index is -0.498. The molecule has 1 heterocycles. The second kappa shape index (κ2) is 4.98. The molecular formula is C14H17NOS. The van der Waals surface area contributed by atoms with Crippen LogP contribution in [0.4, 0.5) is 0 Å². The summed E-state index contributed by atoms with van der Waals surface area (Å²) in [6, 6.07) is 6.31. The van der Waals surface area contributed by atoms with Crippen molar-refractivity contribution in [3.05, 3.63) is 51.0 Å². The Hall–Kier alpha value is -1.19. The van der Waals surface area contributed by atoms with E-state index in [4.69, 9.17) is 0 Å². The molecule has 17 heavy (non-hydrogen) atoms. The highest BCUT2D eigenvalue weighted by Gasteiger charge is 2.11. The minimum Gasteiger partial charge on any atom is -0.386 e. The normalized spacial score (nSPS) is 12.7. The largest absolute Gasteiger partial charge is 0.386 e. The Labute approximate surface area is 106 Å². The Balaban J connectivity index is 2.12. The second-order valence-corrected chi connectivity index (χ2v) is 5.49. The molecule has 0 bridgehead atoms. The van der Waals surface area contributed by atoms with E-state index < -0.39 is 6.10 Å². The van der Waals surface area contributed by atoms with Gasteiger partial charge in [-0.05, 0) is 37.5 Å². The van der Waals surface area contributed by atoms with E-state index >= 15 is 0 Å². The Morgan fingerprint density at radius 1 is 1.24 bits per heavy atom. The maximum Gasteiger partial charge on any atom is 0.101 e. The van der Waals surface area contributed by atoms with Crippen molar-refractivity contribution in [1.29, 1.82) is 0 Å². The molecule has 1 aromatic heterocycles. The number of aliphatic hydroxyl groups is 1. The van der Waals surface area contributed by atoms with Crippen LogP contribution in [-0.2, 0) is 6.42 Å². The van der Waals surface area contributed by atoms with Crippen LogP contribution in [0.3, 0.4) is 0 Å². The summed E-state index contributed by atoms with van der Waals surface area (Å²) in [6.07, 6.45) is 0.131. The van der Waals surface area contributed by atoms with Gasteiger partial charge in [-0.25, -0.2) is 4.98 Å². The molecule has 1 N–H and O–H groups in total. The molecule has 1 atom stereocenters. The maximum absolute atomic E-state index is 10.1. The van der Waals surface area contributed by atoms with E-state index in [0.29, 0.717) is 6.42 Å². The van der Waals surface area contributed by atoms with E-state index in [1.54, 1.807) is 11.3 Å². The molecule has 90 valence electrons. The second-order valence-electron chi connectivity index (χ2n) is 4.43. The molecule has 1 unspecified atom stereocenters. The van der Waals surface area contributed by atoms with E-state index in [0.717, 1.165) is 16.3 Å². The smallest absolute Gasteiger partial charge is 0.101 e. The van der Waals surface area contributed by atoms with Gasteiger partial charge in [-0.3, -0.25) is 0 Å².